The number of rotatable bonds is 5. The molecule has 28 heavy (non-hydrogen) atoms. The summed E-state index contributed by atoms with van der Waals surface area (Å²) in [5, 5.41) is 15.4. The number of aliphatic hydroxyl groups excluding tert-OH is 1. The van der Waals surface area contributed by atoms with E-state index in [1.165, 1.54) is 4.90 Å². The second kappa shape index (κ2) is 7.55. The fourth-order valence-electron chi connectivity index (χ4n) is 3.56. The molecule has 1 saturated heterocycles. The molecule has 8 heteroatoms. The van der Waals surface area contributed by atoms with Gasteiger partial charge in [-0.05, 0) is 45.6 Å². The van der Waals surface area contributed by atoms with E-state index in [1.807, 2.05) is 25.9 Å². The molecule has 2 aromatic heterocycles. The normalized spacial score (nSPS) is 19.1. The molecule has 8 nitrogen and oxygen atoms in total. The van der Waals surface area contributed by atoms with Gasteiger partial charge in [0.15, 0.2) is 0 Å². The van der Waals surface area contributed by atoms with Crippen molar-refractivity contribution in [3.05, 3.63) is 52.6 Å². The number of nitrogens with zero attached hydrogens (tertiary/aromatic N) is 5. The Morgan fingerprint density at radius 1 is 1.21 bits per heavy atom. The van der Waals surface area contributed by atoms with Crippen LogP contribution in [0.3, 0.4) is 0 Å². The molecule has 1 aliphatic rings. The van der Waals surface area contributed by atoms with Crippen LogP contribution in [0.2, 0.25) is 0 Å². The Bertz CT molecular complexity index is 946. The van der Waals surface area contributed by atoms with Crippen molar-refractivity contribution in [1.82, 2.24) is 24.6 Å². The minimum Gasteiger partial charge on any atom is -0.507 e. The number of amides is 1. The molecule has 1 atom stereocenters. The van der Waals surface area contributed by atoms with E-state index in [1.54, 1.807) is 43.2 Å². The Morgan fingerprint density at radius 3 is 2.39 bits per heavy atom. The Balaban J connectivity index is 2.19. The van der Waals surface area contributed by atoms with Gasteiger partial charge in [-0.1, -0.05) is 0 Å². The van der Waals surface area contributed by atoms with Crippen LogP contribution in [-0.4, -0.2) is 68.5 Å². The molecule has 0 bridgehead atoms. The third-order valence-corrected chi connectivity index (χ3v) is 5.10. The van der Waals surface area contributed by atoms with Crippen molar-refractivity contribution in [2.75, 3.05) is 27.2 Å². The van der Waals surface area contributed by atoms with Crippen LogP contribution in [-0.2, 0) is 16.6 Å². The minimum absolute atomic E-state index is 0.0918. The van der Waals surface area contributed by atoms with Gasteiger partial charge in [-0.3, -0.25) is 19.3 Å². The number of carbonyl (C=O) groups is 2. The molecule has 1 N–H and O–H groups in total. The SMILES string of the molecule is Cc1nn(C)c(C)c1/C(O)=C1\C(=O)C(=O)N(CCN(C)C)[C@@H]1c1ccncc1. The van der Waals surface area contributed by atoms with E-state index in [2.05, 4.69) is 10.1 Å². The van der Waals surface area contributed by atoms with Crippen LogP contribution < -0.4 is 0 Å². The van der Waals surface area contributed by atoms with Gasteiger partial charge in [0.25, 0.3) is 11.7 Å². The highest BCUT2D eigenvalue weighted by Gasteiger charge is 2.46. The van der Waals surface area contributed by atoms with E-state index < -0.39 is 17.7 Å². The zero-order valence-corrected chi connectivity index (χ0v) is 16.8. The number of Topliss-reactive ketones (excluding diaryl/α,β-unsaturated/α-hetero) is 1. The molecular weight excluding hydrogens is 358 g/mol. The smallest absolute Gasteiger partial charge is 0.295 e. The Hall–Kier alpha value is -3.00. The van der Waals surface area contributed by atoms with Crippen molar-refractivity contribution in [2.24, 2.45) is 7.05 Å². The lowest BCUT2D eigenvalue weighted by Gasteiger charge is -2.26. The van der Waals surface area contributed by atoms with E-state index in [-0.39, 0.29) is 11.3 Å². The molecule has 2 aromatic rings. The van der Waals surface area contributed by atoms with Crippen molar-refractivity contribution in [1.29, 1.82) is 0 Å². The largest absolute Gasteiger partial charge is 0.507 e. The summed E-state index contributed by atoms with van der Waals surface area (Å²) in [7, 11) is 5.58. The number of carbonyl (C=O) groups excluding carboxylic acids is 2. The van der Waals surface area contributed by atoms with Crippen LogP contribution in [0.25, 0.3) is 5.76 Å². The summed E-state index contributed by atoms with van der Waals surface area (Å²) >= 11 is 0. The highest BCUT2D eigenvalue weighted by atomic mass is 16.3. The molecule has 3 rings (SSSR count). The number of pyridine rings is 1. The lowest BCUT2D eigenvalue weighted by Crippen LogP contribution is -2.35. The van der Waals surface area contributed by atoms with E-state index in [0.717, 1.165) is 11.3 Å². The maximum absolute atomic E-state index is 12.9. The molecule has 0 saturated carbocycles. The molecule has 0 aliphatic carbocycles. The quantitative estimate of drug-likeness (QED) is 0.477. The first-order valence-corrected chi connectivity index (χ1v) is 9.07. The molecule has 148 valence electrons. The van der Waals surface area contributed by atoms with Crippen LogP contribution in [0.1, 0.15) is 28.6 Å². The number of ketones is 1. The van der Waals surface area contributed by atoms with E-state index in [9.17, 15) is 14.7 Å². The van der Waals surface area contributed by atoms with Gasteiger partial charge >= 0.3 is 0 Å². The molecule has 1 amide bonds. The predicted octanol–water partition coefficient (Wildman–Crippen LogP) is 1.42. The monoisotopic (exact) mass is 383 g/mol. The third kappa shape index (κ3) is 3.31. The van der Waals surface area contributed by atoms with Gasteiger partial charge in [0.2, 0.25) is 0 Å². The topological polar surface area (TPSA) is 91.6 Å². The Labute approximate surface area is 164 Å². The summed E-state index contributed by atoms with van der Waals surface area (Å²) in [6.45, 7) is 4.55. The molecule has 1 aliphatic heterocycles. The van der Waals surface area contributed by atoms with Crippen LogP contribution in [0.15, 0.2) is 30.1 Å². The summed E-state index contributed by atoms with van der Waals surface area (Å²) in [5.41, 5.74) is 2.64. The van der Waals surface area contributed by atoms with Gasteiger partial charge in [0.05, 0.1) is 22.9 Å². The lowest BCUT2D eigenvalue weighted by molar-refractivity contribution is -0.140. The fourth-order valence-corrected chi connectivity index (χ4v) is 3.56. The van der Waals surface area contributed by atoms with Crippen molar-refractivity contribution in [2.45, 2.75) is 19.9 Å². The average molecular weight is 383 g/mol. The molecule has 1 fully saturated rings. The number of likely N-dealkylation sites (N-methyl/N-ethyl adjacent to an activating group) is 1. The maximum atomic E-state index is 12.9. The number of likely N-dealkylation sites (tertiary alicyclic amines) is 1. The summed E-state index contributed by atoms with van der Waals surface area (Å²) < 4.78 is 1.65. The van der Waals surface area contributed by atoms with Gasteiger partial charge in [-0.15, -0.1) is 0 Å². The van der Waals surface area contributed by atoms with Gasteiger partial charge in [-0.2, -0.15) is 5.10 Å². The second-order valence-electron chi connectivity index (χ2n) is 7.25. The molecular formula is C20H25N5O3. The number of hydrogen-bond donors (Lipinski definition) is 1. The van der Waals surface area contributed by atoms with Gasteiger partial charge < -0.3 is 14.9 Å². The van der Waals surface area contributed by atoms with Crippen LogP contribution >= 0.6 is 0 Å². The van der Waals surface area contributed by atoms with Crippen molar-refractivity contribution >= 4 is 17.4 Å². The van der Waals surface area contributed by atoms with E-state index in [4.69, 9.17) is 0 Å². The van der Waals surface area contributed by atoms with Gasteiger partial charge in [0, 0.05) is 38.2 Å². The highest BCUT2D eigenvalue weighted by Crippen LogP contribution is 2.39. The van der Waals surface area contributed by atoms with Crippen molar-refractivity contribution < 1.29 is 14.7 Å². The molecule has 0 aromatic carbocycles. The predicted molar refractivity (Wildman–Crippen MR) is 104 cm³/mol. The van der Waals surface area contributed by atoms with Crippen LogP contribution in [0.4, 0.5) is 0 Å². The van der Waals surface area contributed by atoms with E-state index in [0.29, 0.717) is 24.3 Å². The highest BCUT2D eigenvalue weighted by molar-refractivity contribution is 6.46. The zero-order chi connectivity index (χ0) is 20.6. The Kier molecular flexibility index (Phi) is 5.33. The first-order chi connectivity index (χ1) is 13.2. The zero-order valence-electron chi connectivity index (χ0n) is 16.8. The lowest BCUT2D eigenvalue weighted by atomic mass is 9.95. The van der Waals surface area contributed by atoms with Crippen LogP contribution in [0.5, 0.6) is 0 Å². The van der Waals surface area contributed by atoms with Crippen molar-refractivity contribution in [3.8, 4) is 0 Å². The Morgan fingerprint density at radius 2 is 1.86 bits per heavy atom. The number of aromatic nitrogens is 3. The fraction of sp³-hybridized carbons (Fsp3) is 0.400. The summed E-state index contributed by atoms with van der Waals surface area (Å²) in [6.07, 6.45) is 3.23. The maximum Gasteiger partial charge on any atom is 0.295 e. The summed E-state index contributed by atoms with van der Waals surface area (Å²) in [5.74, 6) is -1.47. The standard InChI is InChI=1S/C20H25N5O3/c1-12-15(13(2)24(5)22-12)18(26)16-17(14-6-8-21-9-7-14)25(11-10-23(3)4)20(28)19(16)27/h6-9,17,26H,10-11H2,1-5H3/b18-16+/t17-/m1/s1. The van der Waals surface area contributed by atoms with Crippen LogP contribution in [0, 0.1) is 13.8 Å². The third-order valence-electron chi connectivity index (χ3n) is 5.10. The average Bonchev–Trinajstić information content (AvgIpc) is 3.06. The number of hydrogen-bond acceptors (Lipinski definition) is 6. The summed E-state index contributed by atoms with van der Waals surface area (Å²) in [4.78, 5) is 33.2. The molecule has 0 unspecified atom stereocenters. The summed E-state index contributed by atoms with van der Waals surface area (Å²) in [6, 6.07) is 2.85. The minimum atomic E-state index is -0.680. The second-order valence-corrected chi connectivity index (χ2v) is 7.25. The first-order valence-electron chi connectivity index (χ1n) is 9.07. The molecule has 0 radical (unpaired) electrons. The van der Waals surface area contributed by atoms with Crippen molar-refractivity contribution in [3.63, 3.8) is 0 Å². The molecule has 3 heterocycles. The first kappa shape index (κ1) is 19.8. The van der Waals surface area contributed by atoms with Gasteiger partial charge in [-0.25, -0.2) is 0 Å². The van der Waals surface area contributed by atoms with E-state index >= 15 is 0 Å². The molecule has 0 spiro atoms. The number of aliphatic hydroxyl groups is 1. The van der Waals surface area contributed by atoms with Gasteiger partial charge in [0.1, 0.15) is 5.76 Å². The number of aryl methyl sites for hydroxylation is 2.